The first-order valence-electron chi connectivity index (χ1n) is 10.5. The van der Waals surface area contributed by atoms with Crippen LogP contribution in [0.3, 0.4) is 0 Å². The highest BCUT2D eigenvalue weighted by atomic mass is 14.4. The number of hydrogen-bond acceptors (Lipinski definition) is 1. The quantitative estimate of drug-likeness (QED) is 0.317. The van der Waals surface area contributed by atoms with Gasteiger partial charge in [0.25, 0.3) is 0 Å². The van der Waals surface area contributed by atoms with Gasteiger partial charge in [0.05, 0.1) is 5.71 Å². The summed E-state index contributed by atoms with van der Waals surface area (Å²) in [7, 11) is 0. The van der Waals surface area contributed by atoms with Crippen LogP contribution >= 0.6 is 0 Å². The molecule has 0 heterocycles. The van der Waals surface area contributed by atoms with E-state index in [1.165, 1.54) is 44.5 Å². The van der Waals surface area contributed by atoms with Crippen molar-refractivity contribution in [3.63, 3.8) is 0 Å². The first-order valence-corrected chi connectivity index (χ1v) is 10.5. The predicted octanol–water partition coefficient (Wildman–Crippen LogP) is 7.19. The maximum absolute atomic E-state index is 9.15. The van der Waals surface area contributed by atoms with E-state index in [0.29, 0.717) is 5.71 Å². The minimum atomic E-state index is 0.154. The van der Waals surface area contributed by atoms with Gasteiger partial charge in [-0.15, -0.1) is 0 Å². The smallest absolute Gasteiger partial charge is 0.0690 e. The third-order valence-corrected chi connectivity index (χ3v) is 6.70. The summed E-state index contributed by atoms with van der Waals surface area (Å²) in [5.74, 6) is 0.154. The number of nitrogens with one attached hydrogen (secondary N) is 1. The van der Waals surface area contributed by atoms with Gasteiger partial charge in [0.2, 0.25) is 0 Å². The van der Waals surface area contributed by atoms with Gasteiger partial charge < -0.3 is 0 Å². The molecule has 0 atom stereocenters. The largest absolute Gasteiger partial charge is 0.300 e. The lowest BCUT2D eigenvalue weighted by molar-refractivity contribution is 1.01. The average molecular weight is 388 g/mol. The van der Waals surface area contributed by atoms with Crippen LogP contribution in [-0.4, -0.2) is 5.71 Å². The second-order valence-electron chi connectivity index (χ2n) is 8.25. The van der Waals surface area contributed by atoms with Crippen molar-refractivity contribution in [1.82, 2.24) is 0 Å². The van der Waals surface area contributed by atoms with Crippen molar-refractivity contribution in [3.05, 3.63) is 129 Å². The van der Waals surface area contributed by atoms with Gasteiger partial charge in [-0.05, 0) is 65.3 Å². The van der Waals surface area contributed by atoms with E-state index in [1.807, 2.05) is 0 Å². The third-order valence-electron chi connectivity index (χ3n) is 6.70. The molecule has 0 amide bonds. The second-order valence-corrected chi connectivity index (χ2v) is 8.25. The summed E-state index contributed by atoms with van der Waals surface area (Å²) in [5, 5.41) is 9.15. The highest BCUT2D eigenvalue weighted by molar-refractivity contribution is 6.13. The van der Waals surface area contributed by atoms with Crippen molar-refractivity contribution in [2.45, 2.75) is 26.7 Å². The zero-order chi connectivity index (χ0) is 20.8. The lowest BCUT2D eigenvalue weighted by atomic mass is 9.83. The molecule has 146 valence electrons. The molecule has 0 aliphatic heterocycles. The van der Waals surface area contributed by atoms with Crippen LogP contribution in [0, 0.1) is 26.2 Å². The Balaban J connectivity index is 1.71. The van der Waals surface area contributed by atoms with E-state index in [-0.39, 0.29) is 5.92 Å². The number of hydrogen-bond donors (Lipinski definition) is 1. The van der Waals surface area contributed by atoms with Gasteiger partial charge in [-0.25, -0.2) is 0 Å². The first-order chi connectivity index (χ1) is 14.6. The molecule has 1 aliphatic carbocycles. The molecule has 5 rings (SSSR count). The molecule has 1 N–H and O–H groups in total. The molecule has 4 aromatic rings. The predicted molar refractivity (Wildman–Crippen MR) is 126 cm³/mol. The van der Waals surface area contributed by atoms with Gasteiger partial charge in [0.1, 0.15) is 0 Å². The standard InChI is InChI=1S/C29H25N/c1-18-16-17-21(20(3)19(18)2)29(30)27-15-9-8-14-26(27)28-24-12-6-4-10-22(24)23-11-5-7-13-25(23)28/h4-17,28,30H,1-3H3. The molecule has 1 aliphatic rings. The minimum absolute atomic E-state index is 0.154. The van der Waals surface area contributed by atoms with Crippen LogP contribution in [0.5, 0.6) is 0 Å². The highest BCUT2D eigenvalue weighted by Gasteiger charge is 2.31. The molecule has 0 bridgehead atoms. The normalized spacial score (nSPS) is 12.5. The van der Waals surface area contributed by atoms with Crippen molar-refractivity contribution in [1.29, 1.82) is 5.41 Å². The van der Waals surface area contributed by atoms with Crippen molar-refractivity contribution < 1.29 is 0 Å². The molecule has 0 fully saturated rings. The number of fused-ring (bicyclic) bond motifs is 3. The Bertz CT molecular complexity index is 1250. The highest BCUT2D eigenvalue weighted by Crippen LogP contribution is 2.48. The zero-order valence-electron chi connectivity index (χ0n) is 17.7. The summed E-state index contributed by atoms with van der Waals surface area (Å²) in [4.78, 5) is 0. The Morgan fingerprint density at radius 3 is 1.73 bits per heavy atom. The van der Waals surface area contributed by atoms with E-state index < -0.39 is 0 Å². The van der Waals surface area contributed by atoms with Gasteiger partial charge in [-0.3, -0.25) is 5.41 Å². The van der Waals surface area contributed by atoms with Gasteiger partial charge in [0, 0.05) is 17.0 Å². The SMILES string of the molecule is Cc1ccc(C(=N)c2ccccc2C2c3ccccc3-c3ccccc32)c(C)c1C. The van der Waals surface area contributed by atoms with E-state index in [2.05, 4.69) is 106 Å². The molecule has 0 spiro atoms. The Morgan fingerprint density at radius 1 is 0.567 bits per heavy atom. The van der Waals surface area contributed by atoms with Crippen molar-refractivity contribution in [3.8, 4) is 11.1 Å². The minimum Gasteiger partial charge on any atom is -0.300 e. The zero-order valence-corrected chi connectivity index (χ0v) is 17.7. The number of rotatable bonds is 3. The fourth-order valence-electron chi connectivity index (χ4n) is 4.84. The van der Waals surface area contributed by atoms with Crippen molar-refractivity contribution in [2.24, 2.45) is 0 Å². The first kappa shape index (κ1) is 18.6. The summed E-state index contributed by atoms with van der Waals surface area (Å²) in [6.45, 7) is 6.42. The van der Waals surface area contributed by atoms with Gasteiger partial charge in [-0.2, -0.15) is 0 Å². The van der Waals surface area contributed by atoms with Crippen LogP contribution in [0.1, 0.15) is 50.4 Å². The van der Waals surface area contributed by atoms with Crippen LogP contribution in [0.25, 0.3) is 11.1 Å². The molecule has 30 heavy (non-hydrogen) atoms. The molecule has 0 aromatic heterocycles. The fourth-order valence-corrected chi connectivity index (χ4v) is 4.84. The van der Waals surface area contributed by atoms with Crippen LogP contribution in [0.15, 0.2) is 84.9 Å². The molecule has 1 heteroatoms. The summed E-state index contributed by atoms with van der Waals surface area (Å²) in [5.41, 5.74) is 12.9. The lowest BCUT2D eigenvalue weighted by Crippen LogP contribution is -2.11. The Labute approximate surface area is 178 Å². The van der Waals surface area contributed by atoms with Crippen LogP contribution < -0.4 is 0 Å². The molecule has 1 nitrogen and oxygen atoms in total. The molecular formula is C29H25N. The Kier molecular flexibility index (Phi) is 4.40. The Hall–Kier alpha value is -3.45. The van der Waals surface area contributed by atoms with Gasteiger partial charge >= 0.3 is 0 Å². The van der Waals surface area contributed by atoms with E-state index in [0.717, 1.165) is 11.1 Å². The van der Waals surface area contributed by atoms with Gasteiger partial charge in [0.15, 0.2) is 0 Å². The maximum atomic E-state index is 9.15. The molecular weight excluding hydrogens is 362 g/mol. The van der Waals surface area contributed by atoms with E-state index in [1.54, 1.807) is 0 Å². The summed E-state index contributed by atoms with van der Waals surface area (Å²) in [6, 6.07) is 30.1. The Morgan fingerprint density at radius 2 is 1.10 bits per heavy atom. The maximum Gasteiger partial charge on any atom is 0.0690 e. The van der Waals surface area contributed by atoms with Gasteiger partial charge in [-0.1, -0.05) is 84.9 Å². The molecule has 0 radical (unpaired) electrons. The summed E-state index contributed by atoms with van der Waals surface area (Å²) >= 11 is 0. The monoisotopic (exact) mass is 387 g/mol. The molecule has 0 saturated heterocycles. The van der Waals surface area contributed by atoms with Crippen LogP contribution in [0.2, 0.25) is 0 Å². The van der Waals surface area contributed by atoms with Crippen LogP contribution in [0.4, 0.5) is 0 Å². The molecule has 0 unspecified atom stereocenters. The van der Waals surface area contributed by atoms with Crippen LogP contribution in [-0.2, 0) is 0 Å². The van der Waals surface area contributed by atoms with E-state index >= 15 is 0 Å². The second kappa shape index (κ2) is 7.11. The average Bonchev–Trinajstić information content (AvgIpc) is 3.12. The number of benzene rings is 4. The molecule has 4 aromatic carbocycles. The third kappa shape index (κ3) is 2.74. The molecule has 0 saturated carbocycles. The topological polar surface area (TPSA) is 23.9 Å². The van der Waals surface area contributed by atoms with Crippen molar-refractivity contribution >= 4 is 5.71 Å². The van der Waals surface area contributed by atoms with E-state index in [4.69, 9.17) is 5.41 Å². The van der Waals surface area contributed by atoms with Crippen molar-refractivity contribution in [2.75, 3.05) is 0 Å². The lowest BCUT2D eigenvalue weighted by Gasteiger charge is -2.20. The van der Waals surface area contributed by atoms with E-state index in [9.17, 15) is 0 Å². The summed E-state index contributed by atoms with van der Waals surface area (Å²) in [6.07, 6.45) is 0. The summed E-state index contributed by atoms with van der Waals surface area (Å²) < 4.78 is 0. The number of aryl methyl sites for hydroxylation is 1. The fraction of sp³-hybridized carbons (Fsp3) is 0.138.